The van der Waals surface area contributed by atoms with Crippen LogP contribution in [0.1, 0.15) is 26.3 Å². The maximum Gasteiger partial charge on any atom is 0.0342 e. The van der Waals surface area contributed by atoms with Crippen molar-refractivity contribution in [2.75, 3.05) is 0 Å². The van der Waals surface area contributed by atoms with Gasteiger partial charge in [0.15, 0.2) is 0 Å². The molecule has 1 heteroatoms. The molecule has 2 rings (SSSR count). The summed E-state index contributed by atoms with van der Waals surface area (Å²) in [6, 6.07) is 13.2. The highest BCUT2D eigenvalue weighted by molar-refractivity contribution is 7.13. The van der Waals surface area contributed by atoms with E-state index in [2.05, 4.69) is 62.5 Å². The number of thiophene rings is 1. The van der Waals surface area contributed by atoms with Gasteiger partial charge in [0.05, 0.1) is 0 Å². The molecule has 0 atom stereocenters. The van der Waals surface area contributed by atoms with E-state index in [1.165, 1.54) is 16.0 Å². The SMILES string of the molecule is CC(C)(C)c1ccc(-c2cccs2)cc1. The summed E-state index contributed by atoms with van der Waals surface area (Å²) in [6.07, 6.45) is 0. The fraction of sp³-hybridized carbons (Fsp3) is 0.286. The molecule has 15 heavy (non-hydrogen) atoms. The van der Waals surface area contributed by atoms with Crippen LogP contribution in [0, 0.1) is 0 Å². The van der Waals surface area contributed by atoms with Crippen molar-refractivity contribution in [2.45, 2.75) is 26.2 Å². The first kappa shape index (κ1) is 10.4. The molecule has 0 saturated heterocycles. The van der Waals surface area contributed by atoms with E-state index in [0.29, 0.717) is 0 Å². The predicted octanol–water partition coefficient (Wildman–Crippen LogP) is 4.71. The molecule has 1 aromatic carbocycles. The van der Waals surface area contributed by atoms with Crippen molar-refractivity contribution in [3.8, 4) is 10.4 Å². The van der Waals surface area contributed by atoms with Crippen LogP contribution in [0.4, 0.5) is 0 Å². The summed E-state index contributed by atoms with van der Waals surface area (Å²) in [5.74, 6) is 0. The van der Waals surface area contributed by atoms with Crippen molar-refractivity contribution in [1.82, 2.24) is 0 Å². The van der Waals surface area contributed by atoms with Gasteiger partial charge in [0, 0.05) is 4.88 Å². The van der Waals surface area contributed by atoms with E-state index in [0.717, 1.165) is 0 Å². The molecule has 0 radical (unpaired) electrons. The third kappa shape index (κ3) is 2.29. The van der Waals surface area contributed by atoms with E-state index in [4.69, 9.17) is 0 Å². The van der Waals surface area contributed by atoms with E-state index in [-0.39, 0.29) is 5.41 Å². The average molecular weight is 216 g/mol. The fourth-order valence-electron chi connectivity index (χ4n) is 1.58. The molecule has 1 heterocycles. The molecule has 0 N–H and O–H groups in total. The molecular formula is C14H16S. The smallest absolute Gasteiger partial charge is 0.0342 e. The fourth-order valence-corrected chi connectivity index (χ4v) is 2.31. The Morgan fingerprint density at radius 1 is 0.933 bits per heavy atom. The first-order valence-corrected chi connectivity index (χ1v) is 6.10. The Labute approximate surface area is 95.6 Å². The molecule has 0 saturated carbocycles. The van der Waals surface area contributed by atoms with Crippen molar-refractivity contribution >= 4 is 11.3 Å². The second-order valence-corrected chi connectivity index (χ2v) is 5.75. The highest BCUT2D eigenvalue weighted by atomic mass is 32.1. The zero-order chi connectivity index (χ0) is 10.9. The normalized spacial score (nSPS) is 11.7. The lowest BCUT2D eigenvalue weighted by atomic mass is 9.86. The van der Waals surface area contributed by atoms with E-state index >= 15 is 0 Å². The maximum absolute atomic E-state index is 2.24. The second-order valence-electron chi connectivity index (χ2n) is 4.80. The van der Waals surface area contributed by atoms with Crippen molar-refractivity contribution in [2.24, 2.45) is 0 Å². The van der Waals surface area contributed by atoms with Crippen LogP contribution in [0.2, 0.25) is 0 Å². The number of hydrogen-bond donors (Lipinski definition) is 0. The van der Waals surface area contributed by atoms with Crippen LogP contribution in [0.15, 0.2) is 41.8 Å². The van der Waals surface area contributed by atoms with Gasteiger partial charge in [-0.2, -0.15) is 0 Å². The molecule has 0 spiro atoms. The monoisotopic (exact) mass is 216 g/mol. The summed E-state index contributed by atoms with van der Waals surface area (Å²) in [6.45, 7) is 6.73. The summed E-state index contributed by atoms with van der Waals surface area (Å²) >= 11 is 1.79. The zero-order valence-corrected chi connectivity index (χ0v) is 10.3. The molecular weight excluding hydrogens is 200 g/mol. The van der Waals surface area contributed by atoms with Crippen molar-refractivity contribution in [1.29, 1.82) is 0 Å². The van der Waals surface area contributed by atoms with Gasteiger partial charge in [-0.05, 0) is 28.0 Å². The number of hydrogen-bond acceptors (Lipinski definition) is 1. The summed E-state index contributed by atoms with van der Waals surface area (Å²) in [5.41, 5.74) is 2.95. The summed E-state index contributed by atoms with van der Waals surface area (Å²) in [5, 5.41) is 2.12. The molecule has 2 aromatic rings. The Hall–Kier alpha value is -1.08. The van der Waals surface area contributed by atoms with Crippen LogP contribution in [0.5, 0.6) is 0 Å². The van der Waals surface area contributed by atoms with E-state index < -0.39 is 0 Å². The van der Waals surface area contributed by atoms with Gasteiger partial charge >= 0.3 is 0 Å². The van der Waals surface area contributed by atoms with Crippen molar-refractivity contribution < 1.29 is 0 Å². The van der Waals surface area contributed by atoms with Crippen LogP contribution in [0.3, 0.4) is 0 Å². The van der Waals surface area contributed by atoms with Gasteiger partial charge in [-0.1, -0.05) is 51.1 Å². The quantitative estimate of drug-likeness (QED) is 0.647. The first-order chi connectivity index (χ1) is 7.07. The molecule has 0 nitrogen and oxygen atoms in total. The predicted molar refractivity (Wildman–Crippen MR) is 68.5 cm³/mol. The van der Waals surface area contributed by atoms with Crippen LogP contribution in [-0.4, -0.2) is 0 Å². The third-order valence-electron chi connectivity index (χ3n) is 2.56. The van der Waals surface area contributed by atoms with Crippen LogP contribution in [0.25, 0.3) is 10.4 Å². The summed E-state index contributed by atoms with van der Waals surface area (Å²) < 4.78 is 0. The molecule has 0 fully saturated rings. The third-order valence-corrected chi connectivity index (χ3v) is 3.48. The molecule has 0 aliphatic rings. The second kappa shape index (κ2) is 3.82. The van der Waals surface area contributed by atoms with Gasteiger partial charge in [0.25, 0.3) is 0 Å². The van der Waals surface area contributed by atoms with Gasteiger partial charge < -0.3 is 0 Å². The Bertz CT molecular complexity index is 415. The molecule has 0 bridgehead atoms. The largest absolute Gasteiger partial charge is 0.144 e. The molecule has 1 aromatic heterocycles. The Morgan fingerprint density at radius 3 is 2.07 bits per heavy atom. The van der Waals surface area contributed by atoms with Gasteiger partial charge in [0.1, 0.15) is 0 Å². The highest BCUT2D eigenvalue weighted by Gasteiger charge is 2.12. The van der Waals surface area contributed by atoms with Gasteiger partial charge in [-0.3, -0.25) is 0 Å². The van der Waals surface area contributed by atoms with E-state index in [1.807, 2.05) is 0 Å². The summed E-state index contributed by atoms with van der Waals surface area (Å²) in [4.78, 5) is 1.34. The van der Waals surface area contributed by atoms with Crippen molar-refractivity contribution in [3.05, 3.63) is 47.3 Å². The van der Waals surface area contributed by atoms with Gasteiger partial charge in [-0.25, -0.2) is 0 Å². The molecule has 0 amide bonds. The molecule has 78 valence electrons. The van der Waals surface area contributed by atoms with Crippen LogP contribution < -0.4 is 0 Å². The molecule has 0 aliphatic carbocycles. The van der Waals surface area contributed by atoms with Crippen LogP contribution in [-0.2, 0) is 5.41 Å². The zero-order valence-electron chi connectivity index (χ0n) is 9.45. The first-order valence-electron chi connectivity index (χ1n) is 5.22. The Balaban J connectivity index is 2.33. The van der Waals surface area contributed by atoms with E-state index in [9.17, 15) is 0 Å². The maximum atomic E-state index is 2.24. The topological polar surface area (TPSA) is 0 Å². The lowest BCUT2D eigenvalue weighted by Gasteiger charge is -2.18. The Morgan fingerprint density at radius 2 is 1.60 bits per heavy atom. The van der Waals surface area contributed by atoms with Gasteiger partial charge in [0.2, 0.25) is 0 Å². The average Bonchev–Trinajstić information content (AvgIpc) is 2.69. The lowest BCUT2D eigenvalue weighted by Crippen LogP contribution is -2.10. The number of rotatable bonds is 1. The minimum absolute atomic E-state index is 0.244. The standard InChI is InChI=1S/C14H16S/c1-14(2,3)12-8-6-11(7-9-12)13-5-4-10-15-13/h4-10H,1-3H3. The van der Waals surface area contributed by atoms with Crippen LogP contribution >= 0.6 is 11.3 Å². The Kier molecular flexibility index (Phi) is 2.66. The summed E-state index contributed by atoms with van der Waals surface area (Å²) in [7, 11) is 0. The number of benzene rings is 1. The van der Waals surface area contributed by atoms with E-state index in [1.54, 1.807) is 11.3 Å². The highest BCUT2D eigenvalue weighted by Crippen LogP contribution is 2.28. The minimum atomic E-state index is 0.244. The molecule has 0 aliphatic heterocycles. The molecule has 0 unspecified atom stereocenters. The van der Waals surface area contributed by atoms with Gasteiger partial charge in [-0.15, -0.1) is 11.3 Å². The minimum Gasteiger partial charge on any atom is -0.144 e. The van der Waals surface area contributed by atoms with Crippen molar-refractivity contribution in [3.63, 3.8) is 0 Å². The lowest BCUT2D eigenvalue weighted by molar-refractivity contribution is 0.590.